The molecule has 2 N–H and O–H groups in total. The first-order valence-electron chi connectivity index (χ1n) is 7.76. The molecule has 0 amide bonds. The Morgan fingerprint density at radius 1 is 1.45 bits per heavy atom. The summed E-state index contributed by atoms with van der Waals surface area (Å²) in [6, 6.07) is 1.49. The van der Waals surface area contributed by atoms with E-state index in [1.165, 1.54) is 6.07 Å². The van der Waals surface area contributed by atoms with E-state index in [4.69, 9.17) is 9.47 Å². The van der Waals surface area contributed by atoms with Gasteiger partial charge in [0.1, 0.15) is 11.9 Å². The molecule has 7 nitrogen and oxygen atoms in total. The zero-order valence-electron chi connectivity index (χ0n) is 12.9. The molecule has 1 aromatic rings. The van der Waals surface area contributed by atoms with Crippen LogP contribution in [0, 0.1) is 6.92 Å². The zero-order valence-corrected chi connectivity index (χ0v) is 12.9. The highest BCUT2D eigenvalue weighted by Gasteiger charge is 2.34. The van der Waals surface area contributed by atoms with Crippen molar-refractivity contribution >= 4 is 0 Å². The van der Waals surface area contributed by atoms with Crippen LogP contribution >= 0.6 is 0 Å². The van der Waals surface area contributed by atoms with Gasteiger partial charge in [0.2, 0.25) is 0 Å². The number of nitrogens with one attached hydrogen (secondary N) is 1. The van der Waals surface area contributed by atoms with E-state index in [9.17, 15) is 9.90 Å². The van der Waals surface area contributed by atoms with Gasteiger partial charge in [0, 0.05) is 51.8 Å². The largest absolute Gasteiger partial charge is 0.388 e. The Hall–Kier alpha value is -1.28. The lowest BCUT2D eigenvalue weighted by Crippen LogP contribution is -2.50. The molecule has 2 aliphatic heterocycles. The summed E-state index contributed by atoms with van der Waals surface area (Å²) < 4.78 is 11.1. The Morgan fingerprint density at radius 2 is 2.23 bits per heavy atom. The summed E-state index contributed by atoms with van der Waals surface area (Å²) >= 11 is 0. The second kappa shape index (κ2) is 6.45. The minimum absolute atomic E-state index is 0.161. The average molecular weight is 309 g/mol. The lowest BCUT2D eigenvalue weighted by atomic mass is 9.93. The predicted octanol–water partition coefficient (Wildman–Crippen LogP) is -0.00688. The summed E-state index contributed by atoms with van der Waals surface area (Å²) in [6.07, 6.45) is 1.10. The molecule has 0 spiro atoms. The van der Waals surface area contributed by atoms with Crippen LogP contribution in [0.2, 0.25) is 0 Å². The molecular formula is C15H23N3O4. The minimum Gasteiger partial charge on any atom is -0.388 e. The smallest absolute Gasteiger partial charge is 0.251 e. The monoisotopic (exact) mass is 309 g/mol. The molecule has 0 bridgehead atoms. The summed E-state index contributed by atoms with van der Waals surface area (Å²) in [4.78, 5) is 20.8. The average Bonchev–Trinajstić information content (AvgIpc) is 2.47. The first-order chi connectivity index (χ1) is 10.5. The topological polar surface area (TPSA) is 87.7 Å². The molecule has 1 atom stereocenters. The van der Waals surface area contributed by atoms with Crippen LogP contribution in [0.4, 0.5) is 0 Å². The van der Waals surface area contributed by atoms with Crippen molar-refractivity contribution in [3.8, 4) is 0 Å². The van der Waals surface area contributed by atoms with Gasteiger partial charge in [-0.25, -0.2) is 4.98 Å². The van der Waals surface area contributed by atoms with E-state index in [1.807, 2.05) is 0 Å². The molecule has 1 aromatic heterocycles. The number of H-pyrrole nitrogens is 1. The van der Waals surface area contributed by atoms with Gasteiger partial charge in [-0.1, -0.05) is 0 Å². The molecule has 0 aliphatic carbocycles. The van der Waals surface area contributed by atoms with Crippen molar-refractivity contribution in [2.24, 2.45) is 0 Å². The van der Waals surface area contributed by atoms with Crippen molar-refractivity contribution < 1.29 is 14.6 Å². The highest BCUT2D eigenvalue weighted by Crippen LogP contribution is 2.25. The van der Waals surface area contributed by atoms with Gasteiger partial charge < -0.3 is 19.6 Å². The van der Waals surface area contributed by atoms with E-state index in [2.05, 4.69) is 14.9 Å². The minimum atomic E-state index is -0.683. The number of aryl methyl sites for hydroxylation is 1. The maximum atomic E-state index is 11.6. The number of morpholine rings is 1. The van der Waals surface area contributed by atoms with Crippen LogP contribution in [0.15, 0.2) is 10.9 Å². The van der Waals surface area contributed by atoms with Gasteiger partial charge in [-0.05, 0) is 6.92 Å². The summed E-state index contributed by atoms with van der Waals surface area (Å²) in [6.45, 7) is 5.58. The van der Waals surface area contributed by atoms with Gasteiger partial charge in [-0.15, -0.1) is 0 Å². The Balaban J connectivity index is 1.67. The number of hydrogen-bond donors (Lipinski definition) is 2. The summed E-state index contributed by atoms with van der Waals surface area (Å²) in [5.74, 6) is 0.589. The summed E-state index contributed by atoms with van der Waals surface area (Å²) in [5.41, 5.74) is -0.186. The molecule has 0 radical (unpaired) electrons. The first kappa shape index (κ1) is 15.6. The van der Waals surface area contributed by atoms with Crippen LogP contribution in [0.25, 0.3) is 0 Å². The molecule has 3 rings (SSSR count). The van der Waals surface area contributed by atoms with Crippen LogP contribution in [0.3, 0.4) is 0 Å². The van der Waals surface area contributed by atoms with Crippen molar-refractivity contribution in [3.05, 3.63) is 27.9 Å². The first-order valence-corrected chi connectivity index (χ1v) is 7.76. The molecule has 2 aliphatic rings. The van der Waals surface area contributed by atoms with Crippen molar-refractivity contribution in [1.29, 1.82) is 0 Å². The van der Waals surface area contributed by atoms with Crippen molar-refractivity contribution in [2.75, 3.05) is 39.5 Å². The number of ether oxygens (including phenoxy) is 2. The Bertz CT molecular complexity index is 568. The van der Waals surface area contributed by atoms with E-state index in [-0.39, 0.29) is 11.7 Å². The normalized spacial score (nSPS) is 26.0. The fourth-order valence-corrected chi connectivity index (χ4v) is 3.12. The second-order valence-electron chi connectivity index (χ2n) is 6.19. The van der Waals surface area contributed by atoms with E-state index in [0.29, 0.717) is 57.3 Å². The van der Waals surface area contributed by atoms with Gasteiger partial charge in [-0.2, -0.15) is 0 Å². The number of hydrogen-bond acceptors (Lipinski definition) is 6. The number of aromatic nitrogens is 2. The third-order valence-electron chi connectivity index (χ3n) is 4.30. The lowest BCUT2D eigenvalue weighted by Gasteiger charge is -2.40. The van der Waals surface area contributed by atoms with E-state index in [1.54, 1.807) is 6.92 Å². The zero-order chi connectivity index (χ0) is 15.6. The standard InChI is InChI=1S/C15H23N3O4/c1-11-16-12(8-14(19)17-11)13-9-18(4-7-22-13)10-15(20)2-5-21-6-3-15/h8,13,20H,2-7,9-10H2,1H3,(H,16,17,19)/t13-/m1/s1. The molecule has 7 heteroatoms. The molecule has 0 saturated carbocycles. The Labute approximate surface area is 129 Å². The number of aromatic amines is 1. The Morgan fingerprint density at radius 3 is 2.95 bits per heavy atom. The van der Waals surface area contributed by atoms with Crippen LogP contribution in [-0.4, -0.2) is 65.0 Å². The Kier molecular flexibility index (Phi) is 4.58. The number of nitrogens with zero attached hydrogens (tertiary/aromatic N) is 2. The van der Waals surface area contributed by atoms with Crippen LogP contribution in [0.1, 0.15) is 30.5 Å². The van der Waals surface area contributed by atoms with Crippen LogP contribution < -0.4 is 5.56 Å². The number of rotatable bonds is 3. The molecule has 2 saturated heterocycles. The van der Waals surface area contributed by atoms with Crippen LogP contribution in [-0.2, 0) is 9.47 Å². The fourth-order valence-electron chi connectivity index (χ4n) is 3.12. The SMILES string of the molecule is Cc1nc([C@H]2CN(CC3(O)CCOCC3)CCO2)cc(=O)[nH]1. The molecule has 2 fully saturated rings. The van der Waals surface area contributed by atoms with E-state index in [0.717, 1.165) is 6.54 Å². The summed E-state index contributed by atoms with van der Waals surface area (Å²) in [5, 5.41) is 10.6. The third kappa shape index (κ3) is 3.73. The quantitative estimate of drug-likeness (QED) is 0.817. The van der Waals surface area contributed by atoms with Gasteiger partial charge in [0.15, 0.2) is 0 Å². The number of β-amino-alcohol motifs (C(OH)–C–C–N with tert-alkyl or cyclic N) is 1. The third-order valence-corrected chi connectivity index (χ3v) is 4.30. The van der Waals surface area contributed by atoms with Gasteiger partial charge in [0.05, 0.1) is 17.9 Å². The van der Waals surface area contributed by atoms with Crippen LogP contribution in [0.5, 0.6) is 0 Å². The summed E-state index contributed by atoms with van der Waals surface area (Å²) in [7, 11) is 0. The van der Waals surface area contributed by atoms with Crippen molar-refractivity contribution in [1.82, 2.24) is 14.9 Å². The van der Waals surface area contributed by atoms with Crippen molar-refractivity contribution in [3.63, 3.8) is 0 Å². The number of aliphatic hydroxyl groups is 1. The van der Waals surface area contributed by atoms with Gasteiger partial charge >= 0.3 is 0 Å². The molecule has 0 aromatic carbocycles. The molecule has 22 heavy (non-hydrogen) atoms. The van der Waals surface area contributed by atoms with E-state index >= 15 is 0 Å². The highest BCUT2D eigenvalue weighted by atomic mass is 16.5. The van der Waals surface area contributed by atoms with Gasteiger partial charge in [-0.3, -0.25) is 9.69 Å². The lowest BCUT2D eigenvalue weighted by molar-refractivity contribution is -0.103. The molecule has 122 valence electrons. The van der Waals surface area contributed by atoms with Crippen molar-refractivity contribution in [2.45, 2.75) is 31.5 Å². The van der Waals surface area contributed by atoms with Gasteiger partial charge in [0.25, 0.3) is 5.56 Å². The molecule has 3 heterocycles. The molecular weight excluding hydrogens is 286 g/mol. The fraction of sp³-hybridized carbons (Fsp3) is 0.733. The molecule has 0 unspecified atom stereocenters. The maximum Gasteiger partial charge on any atom is 0.251 e. The predicted molar refractivity (Wildman–Crippen MR) is 79.7 cm³/mol. The van der Waals surface area contributed by atoms with E-state index < -0.39 is 5.60 Å². The maximum absolute atomic E-state index is 11.6. The second-order valence-corrected chi connectivity index (χ2v) is 6.19. The highest BCUT2D eigenvalue weighted by molar-refractivity contribution is 5.07.